The number of alkyl halides is 48. The molecule has 0 fully saturated rings. The summed E-state index contributed by atoms with van der Waals surface area (Å²) in [6, 6.07) is -7.68. The first-order valence-electron chi connectivity index (χ1n) is 31.9. The van der Waals surface area contributed by atoms with E-state index in [1.54, 1.807) is 0 Å². The van der Waals surface area contributed by atoms with Gasteiger partial charge in [0, 0.05) is 36.0 Å². The number of ether oxygens (including phenoxy) is 8. The Morgan fingerprint density at radius 1 is 0.242 bits per heavy atom. The van der Waals surface area contributed by atoms with Gasteiger partial charge in [0.1, 0.15) is 30.5 Å². The van der Waals surface area contributed by atoms with E-state index in [9.17, 15) is 189 Å². The van der Waals surface area contributed by atoms with E-state index in [0.717, 1.165) is 0 Å². The van der Waals surface area contributed by atoms with Crippen molar-refractivity contribution in [2.24, 2.45) is 0 Å². The van der Waals surface area contributed by atoms with E-state index in [2.05, 4.69) is 37.9 Å². The molecule has 0 bridgehead atoms. The summed E-state index contributed by atoms with van der Waals surface area (Å²) in [5, 5.41) is 76.8. The Labute approximate surface area is 656 Å². The molecule has 6 atom stereocenters. The van der Waals surface area contributed by atoms with E-state index in [-0.39, 0.29) is 0 Å². The Balaban J connectivity index is 2.91. The standard InChI is InChI=1S/C60H54F48O16/c61-45(62,63)37(46(64,65)66,27-5-1-6-28(13-27)42(55(91,92)93,56(94,95)96)123-25-35(115)23-120-41(53(85,86)87,54(88,89)90)12-4-10-39(49(73,74)75,50(76,77)78)119-22-34(114)19-117-18-32(112)16-109)15-31(111)20-118-38(47(67,68)69,48(70,71)72)9-3-11-40(51(79,80)81,52(82,83)84)121-24-36(116)26-124-44(59(103,104)105,60(106,107)108)30-8-2-7-29(14-30)43(57(97,98)99,58(100,101)102)122-21-33(113)17-110/h1-10,13-14,31-36,109-116H,11-12,15-26H2/b9-3+,10-4+. The lowest BCUT2D eigenvalue weighted by Gasteiger charge is -2.42. The molecule has 2 aromatic rings. The van der Waals surface area contributed by atoms with Crippen molar-refractivity contribution in [3.05, 3.63) is 95.1 Å². The lowest BCUT2D eigenvalue weighted by molar-refractivity contribution is -0.398. The summed E-state index contributed by atoms with van der Waals surface area (Å²) in [7, 11) is 0. The molecule has 0 spiro atoms. The van der Waals surface area contributed by atoms with Crippen LogP contribution < -0.4 is 0 Å². The maximum Gasteiger partial charge on any atom is 0.430 e. The Morgan fingerprint density at radius 2 is 0.460 bits per heavy atom. The zero-order chi connectivity index (χ0) is 97.8. The lowest BCUT2D eigenvalue weighted by atomic mass is 9.73. The van der Waals surface area contributed by atoms with Gasteiger partial charge in [-0.3, -0.25) is 0 Å². The second-order valence-electron chi connectivity index (χ2n) is 25.6. The summed E-state index contributed by atoms with van der Waals surface area (Å²) in [6.45, 7) is -27.1. The first-order valence-corrected chi connectivity index (χ1v) is 31.9. The minimum atomic E-state index is -7.81. The molecule has 64 heteroatoms. The van der Waals surface area contributed by atoms with Crippen LogP contribution in [0.5, 0.6) is 0 Å². The van der Waals surface area contributed by atoms with Gasteiger partial charge >= 0.3 is 98.8 Å². The fourth-order valence-corrected chi connectivity index (χ4v) is 10.7. The van der Waals surface area contributed by atoms with E-state index in [1.807, 2.05) is 0 Å². The molecule has 0 saturated heterocycles. The van der Waals surface area contributed by atoms with Crippen LogP contribution in [0.25, 0.3) is 0 Å². The molecule has 0 saturated carbocycles. The third kappa shape index (κ3) is 23.6. The molecule has 0 aliphatic rings. The van der Waals surface area contributed by atoms with Gasteiger partial charge in [-0.1, -0.05) is 54.6 Å². The highest BCUT2D eigenvalue weighted by Gasteiger charge is 2.81. The number of aliphatic hydroxyl groups is 8. The summed E-state index contributed by atoms with van der Waals surface area (Å²) >= 11 is 0. The molecule has 0 aliphatic carbocycles. The van der Waals surface area contributed by atoms with Crippen LogP contribution in [0.1, 0.15) is 41.5 Å². The van der Waals surface area contributed by atoms with Gasteiger partial charge in [0.25, 0.3) is 39.2 Å². The summed E-state index contributed by atoms with van der Waals surface area (Å²) < 4.78 is 732. The van der Waals surface area contributed by atoms with E-state index in [4.69, 9.17) is 10.2 Å². The molecule has 6 unspecified atom stereocenters. The lowest BCUT2D eigenvalue weighted by Crippen LogP contribution is -2.61. The normalized spacial score (nSPS) is 17.0. The Kier molecular flexibility index (Phi) is 35.4. The number of rotatable bonds is 39. The predicted octanol–water partition coefficient (Wildman–Crippen LogP) is 15.7. The second kappa shape index (κ2) is 38.5. The van der Waals surface area contributed by atoms with Gasteiger partial charge in [-0.2, -0.15) is 211 Å². The fourth-order valence-electron chi connectivity index (χ4n) is 10.7. The average Bonchev–Trinajstić information content (AvgIpc) is 0.714. The topological polar surface area (TPSA) is 236 Å². The van der Waals surface area contributed by atoms with Crippen molar-refractivity contribution in [1.29, 1.82) is 0 Å². The van der Waals surface area contributed by atoms with Gasteiger partial charge in [-0.15, -0.1) is 0 Å². The molecule has 16 nitrogen and oxygen atoms in total. The van der Waals surface area contributed by atoms with Crippen molar-refractivity contribution in [2.45, 2.75) is 199 Å². The van der Waals surface area contributed by atoms with Crippen molar-refractivity contribution < 1.29 is 289 Å². The molecule has 0 heterocycles. The third-order valence-electron chi connectivity index (χ3n) is 16.9. The van der Waals surface area contributed by atoms with Crippen LogP contribution in [0.3, 0.4) is 0 Å². The zero-order valence-electron chi connectivity index (χ0n) is 59.3. The summed E-state index contributed by atoms with van der Waals surface area (Å²) in [5.74, 6) is 0. The Hall–Kier alpha value is -6.08. The highest BCUT2D eigenvalue weighted by atomic mass is 19.5. The number of halogens is 48. The Morgan fingerprint density at radius 3 is 0.710 bits per heavy atom. The van der Waals surface area contributed by atoms with Gasteiger partial charge in [-0.05, 0) is 23.8 Å². The number of hydrogen-bond acceptors (Lipinski definition) is 16. The second-order valence-corrected chi connectivity index (χ2v) is 25.6. The van der Waals surface area contributed by atoms with E-state index in [1.165, 1.54) is 0 Å². The van der Waals surface area contributed by atoms with Gasteiger partial charge in [-0.25, -0.2) is 0 Å². The average molecular weight is 1940 g/mol. The molecule has 726 valence electrons. The van der Waals surface area contributed by atoms with E-state index in [0.29, 0.717) is 0 Å². The first kappa shape index (κ1) is 114. The van der Waals surface area contributed by atoms with Gasteiger partial charge in [0.2, 0.25) is 0 Å². The molecule has 0 aromatic heterocycles. The van der Waals surface area contributed by atoms with Crippen LogP contribution in [0.15, 0.2) is 72.8 Å². The van der Waals surface area contributed by atoms with Crippen molar-refractivity contribution in [2.75, 3.05) is 72.7 Å². The number of hydrogen-bond donors (Lipinski definition) is 8. The summed E-state index contributed by atoms with van der Waals surface area (Å²) in [4.78, 5) is 0. The van der Waals surface area contributed by atoms with E-state index < -0.39 is 367 Å². The summed E-state index contributed by atoms with van der Waals surface area (Å²) in [5.41, 5.74) is -65.8. The van der Waals surface area contributed by atoms with Crippen LogP contribution >= 0.6 is 0 Å². The van der Waals surface area contributed by atoms with Crippen molar-refractivity contribution >= 4 is 0 Å². The van der Waals surface area contributed by atoms with Gasteiger partial charge in [0.15, 0.2) is 5.41 Å². The molecular weight excluding hydrogens is 1890 g/mol. The quantitative estimate of drug-likeness (QED) is 0.0230. The largest absolute Gasteiger partial charge is 0.430 e. The molecule has 124 heavy (non-hydrogen) atoms. The molecule has 2 aromatic carbocycles. The fraction of sp³-hybridized carbons (Fsp3) is 0.733. The van der Waals surface area contributed by atoms with Crippen LogP contribution in [0.4, 0.5) is 211 Å². The minimum Gasteiger partial charge on any atom is -0.394 e. The molecule has 0 amide bonds. The van der Waals surface area contributed by atoms with Crippen LogP contribution in [0, 0.1) is 0 Å². The monoisotopic (exact) mass is 1940 g/mol. The number of benzene rings is 2. The SMILES string of the molecule is OCC(O)COCC(O)COC(/C=C/CC(OCC(O)COC(c1cccc(C(CC(O)COC(/C=C/CC(OCC(O)COC(c2cccc(C(OCC(O)CO)(C(F)(F)F)C(F)(F)F)c2)(C(F)(F)F)C(F)(F)F)(C(F)(F)F)C(F)(F)F)(C(F)(F)F)C(F)(F)F)(C(F)(F)F)C(F)(F)F)c1)(C(F)(F)F)C(F)(F)F)(C(F)(F)F)C(F)(F)F)(C(F)(F)F)C(F)(F)F. The smallest absolute Gasteiger partial charge is 0.394 e. The molecule has 2 rings (SSSR count). The van der Waals surface area contributed by atoms with Crippen molar-refractivity contribution in [3.8, 4) is 0 Å². The van der Waals surface area contributed by atoms with Crippen LogP contribution in [-0.4, -0.2) is 271 Å². The van der Waals surface area contributed by atoms with Crippen molar-refractivity contribution in [1.82, 2.24) is 0 Å². The Bertz CT molecular complexity index is 3600. The maximum atomic E-state index is 15.2. The van der Waals surface area contributed by atoms with E-state index >= 15 is 52.7 Å². The maximum absolute atomic E-state index is 15.2. The highest BCUT2D eigenvalue weighted by Crippen LogP contribution is 2.62. The zero-order valence-corrected chi connectivity index (χ0v) is 59.3. The molecule has 0 radical (unpaired) electrons. The van der Waals surface area contributed by atoms with Gasteiger partial charge in [0.05, 0.1) is 78.8 Å². The molecule has 8 N–H and O–H groups in total. The highest BCUT2D eigenvalue weighted by molar-refractivity contribution is 5.40. The number of aliphatic hydroxyl groups excluding tert-OH is 8. The first-order chi connectivity index (χ1) is 54.9. The molecule has 0 aliphatic heterocycles. The van der Waals surface area contributed by atoms with Crippen LogP contribution in [-0.2, 0) is 60.1 Å². The third-order valence-corrected chi connectivity index (χ3v) is 16.9. The molecular formula is C60H54F48O16. The van der Waals surface area contributed by atoms with Crippen molar-refractivity contribution in [3.63, 3.8) is 0 Å². The van der Waals surface area contributed by atoms with Crippen LogP contribution in [0.2, 0.25) is 0 Å². The summed E-state index contributed by atoms with van der Waals surface area (Å²) in [6.07, 6.45) is -159. The van der Waals surface area contributed by atoms with Gasteiger partial charge < -0.3 is 78.7 Å². The minimum absolute atomic E-state index is 0.528. The predicted molar refractivity (Wildman–Crippen MR) is 302 cm³/mol.